The molecule has 6 fully saturated rings. The number of Topliss-reactive ketones (excluding diaryl/α,β-unsaturated/α-hetero) is 1. The minimum atomic E-state index is -0.755. The van der Waals surface area contributed by atoms with E-state index in [-0.39, 0.29) is 87.2 Å². The number of allylic oxidation sites excluding steroid dienone is 1. The van der Waals surface area contributed by atoms with Gasteiger partial charge in [-0.1, -0.05) is 92.6 Å². The average Bonchev–Trinajstić information content (AvgIpc) is 3.80. The van der Waals surface area contributed by atoms with Crippen molar-refractivity contribution in [2.24, 2.45) is 68.0 Å². The molecule has 8 heteroatoms. The van der Waals surface area contributed by atoms with E-state index in [1.54, 1.807) is 0 Å². The largest absolute Gasteiger partial charge is 0.462 e. The number of ketones is 1. The van der Waals surface area contributed by atoms with Gasteiger partial charge in [0.2, 0.25) is 5.91 Å². The lowest BCUT2D eigenvalue weighted by molar-refractivity contribution is -0.236. The van der Waals surface area contributed by atoms with Gasteiger partial charge in [-0.25, -0.2) is 0 Å². The quantitative estimate of drug-likeness (QED) is 0.234. The molecule has 0 aromatic heterocycles. The molecule has 1 amide bonds. The summed E-state index contributed by atoms with van der Waals surface area (Å²) in [6.07, 6.45) is 10.8. The first-order valence-corrected chi connectivity index (χ1v) is 24.3. The summed E-state index contributed by atoms with van der Waals surface area (Å²) >= 11 is 0. The van der Waals surface area contributed by atoms with Crippen molar-refractivity contribution in [1.29, 1.82) is 0 Å². The van der Waals surface area contributed by atoms with Gasteiger partial charge in [0.05, 0.1) is 17.3 Å². The highest BCUT2D eigenvalue weighted by Gasteiger charge is 2.71. The third-order valence-corrected chi connectivity index (χ3v) is 19.4. The summed E-state index contributed by atoms with van der Waals surface area (Å²) < 4.78 is 12.3. The predicted molar refractivity (Wildman–Crippen MR) is 239 cm³/mol. The summed E-state index contributed by atoms with van der Waals surface area (Å²) in [5.41, 5.74) is 1.32. The number of hydrogen-bond donors (Lipinski definition) is 1. The fourth-order valence-electron chi connectivity index (χ4n) is 15.8. The summed E-state index contributed by atoms with van der Waals surface area (Å²) in [5.74, 6) is 0.387. The Bertz CT molecular complexity index is 1940. The number of likely N-dealkylation sites (tertiary alicyclic amines) is 1. The van der Waals surface area contributed by atoms with Gasteiger partial charge in [0.25, 0.3) is 0 Å². The molecule has 0 unspecified atom stereocenters. The Hall–Kier alpha value is -3.00. The maximum atomic E-state index is 14.9. The van der Waals surface area contributed by atoms with Crippen molar-refractivity contribution >= 4 is 23.6 Å². The van der Waals surface area contributed by atoms with E-state index in [1.165, 1.54) is 18.4 Å². The first-order valence-electron chi connectivity index (χ1n) is 24.3. The highest BCUT2D eigenvalue weighted by Crippen LogP contribution is 2.77. The average molecular weight is 839 g/mol. The molecule has 0 spiro atoms. The number of carbonyl (C=O) groups is 4. The number of nitrogens with zero attached hydrogens (tertiary/aromatic N) is 1. The lowest BCUT2D eigenvalue weighted by Crippen LogP contribution is -2.66. The first kappa shape index (κ1) is 44.6. The second kappa shape index (κ2) is 15.3. The van der Waals surface area contributed by atoms with Gasteiger partial charge in [-0.3, -0.25) is 19.2 Å². The van der Waals surface area contributed by atoms with Crippen LogP contribution in [0.3, 0.4) is 0 Å². The molecule has 61 heavy (non-hydrogen) atoms. The van der Waals surface area contributed by atoms with E-state index in [9.17, 15) is 19.2 Å². The van der Waals surface area contributed by atoms with Crippen LogP contribution >= 0.6 is 0 Å². The third-order valence-electron chi connectivity index (χ3n) is 19.4. The smallest absolute Gasteiger partial charge is 0.309 e. The van der Waals surface area contributed by atoms with Crippen LogP contribution in [0.1, 0.15) is 159 Å². The number of carbonyl (C=O) groups excluding carboxylic acids is 4. The summed E-state index contributed by atoms with van der Waals surface area (Å²) in [7, 11) is 0. The highest BCUT2D eigenvalue weighted by molar-refractivity contribution is 6.07. The molecule has 5 saturated carbocycles. The Morgan fingerprint density at radius 1 is 0.803 bits per heavy atom. The van der Waals surface area contributed by atoms with Crippen LogP contribution in [0.2, 0.25) is 0 Å². The SMILES string of the molecule is CC(C)C1=C2[C@H]3CC[C@@H]4[C@@]5(C)CC[C@H](OC(=O)[C@H]6C[C@@H](C(=O)OCc7ccccc7)C6(C)C)C(C)(C)[C@@H]5CC[C@@]4(C)[C@]3(C)CC[C@@]2(C(=O)NC(C)(C)CN2CCCC2)CC1=O. The minimum absolute atomic E-state index is 0.0408. The molecule has 1 N–H and O–H groups in total. The molecule has 1 aromatic rings. The summed E-state index contributed by atoms with van der Waals surface area (Å²) in [5, 5.41) is 3.55. The lowest BCUT2D eigenvalue weighted by atomic mass is 9.33. The van der Waals surface area contributed by atoms with Crippen LogP contribution in [0.25, 0.3) is 0 Å². The number of hydrogen-bond acceptors (Lipinski definition) is 7. The van der Waals surface area contributed by atoms with Gasteiger partial charge in [-0.15, -0.1) is 0 Å². The van der Waals surface area contributed by atoms with Gasteiger partial charge < -0.3 is 19.7 Å². The van der Waals surface area contributed by atoms with Gasteiger partial charge in [-0.05, 0) is 160 Å². The number of benzene rings is 1. The molecule has 10 atom stereocenters. The molecule has 1 aromatic carbocycles. The van der Waals surface area contributed by atoms with E-state index < -0.39 is 10.8 Å². The Morgan fingerprint density at radius 2 is 1.48 bits per heavy atom. The van der Waals surface area contributed by atoms with E-state index >= 15 is 0 Å². The summed E-state index contributed by atoms with van der Waals surface area (Å²) in [4.78, 5) is 58.8. The molecule has 8 rings (SSSR count). The molecule has 8 nitrogen and oxygen atoms in total. The Morgan fingerprint density at radius 3 is 2.13 bits per heavy atom. The Balaban J connectivity index is 0.983. The second-order valence-corrected chi connectivity index (χ2v) is 24.1. The number of ether oxygens (including phenoxy) is 2. The molecule has 0 bridgehead atoms. The van der Waals surface area contributed by atoms with Gasteiger partial charge in [0, 0.05) is 23.9 Å². The van der Waals surface area contributed by atoms with Crippen LogP contribution < -0.4 is 5.32 Å². The molecular weight excluding hydrogens is 761 g/mol. The van der Waals surface area contributed by atoms with Crippen LogP contribution in [0.5, 0.6) is 0 Å². The van der Waals surface area contributed by atoms with E-state index in [4.69, 9.17) is 9.47 Å². The number of nitrogens with one attached hydrogen (secondary N) is 1. The van der Waals surface area contributed by atoms with Crippen molar-refractivity contribution in [2.75, 3.05) is 19.6 Å². The zero-order chi connectivity index (χ0) is 44.1. The molecule has 7 aliphatic rings. The Labute approximate surface area is 367 Å². The third kappa shape index (κ3) is 7.00. The van der Waals surface area contributed by atoms with E-state index in [0.717, 1.165) is 82.1 Å². The summed E-state index contributed by atoms with van der Waals surface area (Å²) in [6, 6.07) is 9.73. The van der Waals surface area contributed by atoms with E-state index in [1.807, 2.05) is 44.2 Å². The molecule has 1 saturated heterocycles. The zero-order valence-electron chi connectivity index (χ0n) is 39.6. The van der Waals surface area contributed by atoms with E-state index in [2.05, 4.69) is 72.5 Å². The van der Waals surface area contributed by atoms with Crippen LogP contribution in [0.15, 0.2) is 41.5 Å². The number of esters is 2. The lowest BCUT2D eigenvalue weighted by Gasteiger charge is -2.72. The van der Waals surface area contributed by atoms with Gasteiger partial charge in [0.15, 0.2) is 5.78 Å². The predicted octanol–water partition coefficient (Wildman–Crippen LogP) is 10.3. The normalized spacial score (nSPS) is 39.0. The number of amides is 1. The summed E-state index contributed by atoms with van der Waals surface area (Å²) in [6.45, 7) is 28.3. The molecule has 1 aliphatic heterocycles. The topological polar surface area (TPSA) is 102 Å². The standard InChI is InChI=1S/C53H78N2O6/c1-33(2)42-38(56)30-53(46(59)54-47(3,4)32-55-27-15-16-28-55)26-25-51(10)35(43(42)53)19-20-40-50(9)23-22-41(49(7,8)39(50)21-24-52(40,51)11)61-45(58)37-29-36(48(37,5)6)44(57)60-31-34-17-13-12-14-18-34/h12-14,17-18,33,35-37,39-41H,15-16,19-32H2,1-11H3,(H,54,59)/t35-,36+,37-,39+,40-,41+,50+,51-,52-,53-/m1/s1. The number of rotatable bonds is 10. The van der Waals surface area contributed by atoms with Crippen LogP contribution in [0, 0.1) is 68.0 Å². The Kier molecular flexibility index (Phi) is 11.2. The molecule has 0 radical (unpaired) electrons. The highest BCUT2D eigenvalue weighted by atomic mass is 16.5. The van der Waals surface area contributed by atoms with Crippen LogP contribution in [0.4, 0.5) is 0 Å². The second-order valence-electron chi connectivity index (χ2n) is 24.1. The van der Waals surface area contributed by atoms with Crippen molar-refractivity contribution in [1.82, 2.24) is 10.2 Å². The van der Waals surface area contributed by atoms with Crippen molar-refractivity contribution in [3.05, 3.63) is 47.0 Å². The monoisotopic (exact) mass is 839 g/mol. The fraction of sp³-hybridized carbons (Fsp3) is 0.774. The zero-order valence-corrected chi connectivity index (χ0v) is 39.6. The molecule has 336 valence electrons. The van der Waals surface area contributed by atoms with E-state index in [0.29, 0.717) is 24.7 Å². The van der Waals surface area contributed by atoms with Crippen molar-refractivity contribution in [3.8, 4) is 0 Å². The molecular formula is C53H78N2O6. The van der Waals surface area contributed by atoms with Crippen molar-refractivity contribution < 1.29 is 28.7 Å². The van der Waals surface area contributed by atoms with Crippen molar-refractivity contribution in [2.45, 2.75) is 171 Å². The van der Waals surface area contributed by atoms with Crippen LogP contribution in [-0.4, -0.2) is 59.8 Å². The van der Waals surface area contributed by atoms with Gasteiger partial charge in [-0.2, -0.15) is 0 Å². The first-order chi connectivity index (χ1) is 28.5. The maximum absolute atomic E-state index is 14.9. The van der Waals surface area contributed by atoms with Gasteiger partial charge >= 0.3 is 11.9 Å². The molecule has 6 aliphatic carbocycles. The van der Waals surface area contributed by atoms with Crippen molar-refractivity contribution in [3.63, 3.8) is 0 Å². The fourth-order valence-corrected chi connectivity index (χ4v) is 15.8. The minimum Gasteiger partial charge on any atom is -0.462 e. The number of fused-ring (bicyclic) bond motifs is 7. The maximum Gasteiger partial charge on any atom is 0.309 e. The van der Waals surface area contributed by atoms with Crippen LogP contribution in [-0.2, 0) is 35.3 Å². The van der Waals surface area contributed by atoms with Gasteiger partial charge in [0.1, 0.15) is 12.7 Å². The molecule has 1 heterocycles.